The molecule has 1 aromatic carbocycles. The number of rotatable bonds is 6. The lowest BCUT2D eigenvalue weighted by atomic mass is 10.1. The van der Waals surface area contributed by atoms with Gasteiger partial charge in [-0.15, -0.1) is 0 Å². The van der Waals surface area contributed by atoms with Gasteiger partial charge in [0.05, 0.1) is 12.3 Å². The molecular formula is C16H20N2O3. The molecule has 112 valence electrons. The van der Waals surface area contributed by atoms with Gasteiger partial charge >= 0.3 is 5.97 Å². The van der Waals surface area contributed by atoms with Gasteiger partial charge in [0.15, 0.2) is 0 Å². The van der Waals surface area contributed by atoms with E-state index in [2.05, 4.69) is 0 Å². The standard InChI is InChI=1S/C16H20N2O3/c1-2-7-18-9-14(17)8-15(18)16(20)21-11-13-5-3-12(10-19)4-6-13/h3-6,8-9,19H,2,7,10-11,17H2,1H3. The van der Waals surface area contributed by atoms with Gasteiger partial charge in [-0.3, -0.25) is 0 Å². The molecule has 0 aliphatic heterocycles. The molecule has 0 unspecified atom stereocenters. The number of aliphatic hydroxyl groups excluding tert-OH is 1. The normalized spacial score (nSPS) is 10.6. The molecule has 0 fully saturated rings. The maximum Gasteiger partial charge on any atom is 0.355 e. The first-order valence-electron chi connectivity index (χ1n) is 6.95. The highest BCUT2D eigenvalue weighted by Gasteiger charge is 2.14. The molecule has 0 atom stereocenters. The van der Waals surface area contributed by atoms with E-state index in [-0.39, 0.29) is 19.2 Å². The summed E-state index contributed by atoms with van der Waals surface area (Å²) in [6, 6.07) is 8.91. The Morgan fingerprint density at radius 2 is 1.95 bits per heavy atom. The van der Waals surface area contributed by atoms with Crippen LogP contribution in [0.25, 0.3) is 0 Å². The van der Waals surface area contributed by atoms with Crippen LogP contribution < -0.4 is 5.73 Å². The molecule has 0 saturated heterocycles. The second kappa shape index (κ2) is 6.95. The van der Waals surface area contributed by atoms with Crippen LogP contribution in [0.5, 0.6) is 0 Å². The van der Waals surface area contributed by atoms with Crippen molar-refractivity contribution in [2.24, 2.45) is 0 Å². The zero-order valence-electron chi connectivity index (χ0n) is 12.1. The van der Waals surface area contributed by atoms with Gasteiger partial charge in [-0.05, 0) is 23.6 Å². The molecule has 3 N–H and O–H groups in total. The Morgan fingerprint density at radius 3 is 2.57 bits per heavy atom. The molecule has 0 amide bonds. The summed E-state index contributed by atoms with van der Waals surface area (Å²) in [5.74, 6) is -0.383. The van der Waals surface area contributed by atoms with E-state index in [1.807, 2.05) is 23.6 Å². The van der Waals surface area contributed by atoms with Crippen LogP contribution in [-0.4, -0.2) is 15.6 Å². The number of esters is 1. The number of hydrogen-bond acceptors (Lipinski definition) is 4. The minimum Gasteiger partial charge on any atom is -0.456 e. The van der Waals surface area contributed by atoms with Crippen LogP contribution in [0.2, 0.25) is 0 Å². The zero-order valence-corrected chi connectivity index (χ0v) is 12.1. The largest absolute Gasteiger partial charge is 0.456 e. The van der Waals surface area contributed by atoms with Crippen molar-refractivity contribution in [3.8, 4) is 0 Å². The Morgan fingerprint density at radius 1 is 1.29 bits per heavy atom. The van der Waals surface area contributed by atoms with E-state index in [1.165, 1.54) is 0 Å². The zero-order chi connectivity index (χ0) is 15.2. The van der Waals surface area contributed by atoms with Crippen molar-refractivity contribution in [3.05, 3.63) is 53.3 Å². The number of nitrogens with zero attached hydrogens (tertiary/aromatic N) is 1. The predicted octanol–water partition coefficient (Wildman–Crippen LogP) is 2.33. The molecule has 0 spiro atoms. The van der Waals surface area contributed by atoms with E-state index in [0.717, 1.165) is 24.1 Å². The van der Waals surface area contributed by atoms with Crippen LogP contribution in [0.1, 0.15) is 35.0 Å². The van der Waals surface area contributed by atoms with Crippen molar-refractivity contribution in [2.45, 2.75) is 33.1 Å². The summed E-state index contributed by atoms with van der Waals surface area (Å²) < 4.78 is 7.12. The molecule has 1 aromatic heterocycles. The molecule has 5 nitrogen and oxygen atoms in total. The summed E-state index contributed by atoms with van der Waals surface area (Å²) in [6.45, 7) is 2.96. The van der Waals surface area contributed by atoms with E-state index in [9.17, 15) is 4.79 Å². The van der Waals surface area contributed by atoms with Gasteiger partial charge in [0.1, 0.15) is 12.3 Å². The summed E-state index contributed by atoms with van der Waals surface area (Å²) in [5, 5.41) is 8.98. The summed E-state index contributed by atoms with van der Waals surface area (Å²) in [7, 11) is 0. The van der Waals surface area contributed by atoms with Gasteiger partial charge in [-0.1, -0.05) is 31.2 Å². The third-order valence-electron chi connectivity index (χ3n) is 3.17. The van der Waals surface area contributed by atoms with Crippen molar-refractivity contribution < 1.29 is 14.6 Å². The first-order chi connectivity index (χ1) is 10.1. The number of nitrogen functional groups attached to an aromatic ring is 1. The molecule has 0 aliphatic rings. The number of carbonyl (C=O) groups is 1. The highest BCUT2D eigenvalue weighted by atomic mass is 16.5. The number of aliphatic hydroxyl groups is 1. The van der Waals surface area contributed by atoms with Gasteiger partial charge in [-0.25, -0.2) is 4.79 Å². The molecule has 0 radical (unpaired) electrons. The van der Waals surface area contributed by atoms with Crippen molar-refractivity contribution in [3.63, 3.8) is 0 Å². The molecule has 2 aromatic rings. The lowest BCUT2D eigenvalue weighted by Crippen LogP contribution is -2.11. The monoisotopic (exact) mass is 288 g/mol. The minimum absolute atomic E-state index is 0.00385. The molecule has 0 aliphatic carbocycles. The first-order valence-corrected chi connectivity index (χ1v) is 6.95. The average molecular weight is 288 g/mol. The number of ether oxygens (including phenoxy) is 1. The number of nitrogens with two attached hydrogens (primary N) is 1. The van der Waals surface area contributed by atoms with E-state index in [0.29, 0.717) is 11.4 Å². The van der Waals surface area contributed by atoms with Crippen LogP contribution >= 0.6 is 0 Å². The highest BCUT2D eigenvalue weighted by Crippen LogP contribution is 2.14. The SMILES string of the molecule is CCCn1cc(N)cc1C(=O)OCc1ccc(CO)cc1. The lowest BCUT2D eigenvalue weighted by Gasteiger charge is -2.08. The first kappa shape index (κ1) is 15.1. The maximum absolute atomic E-state index is 12.1. The Hall–Kier alpha value is -2.27. The molecule has 5 heteroatoms. The topological polar surface area (TPSA) is 77.5 Å². The van der Waals surface area contributed by atoms with Crippen molar-refractivity contribution in [1.29, 1.82) is 0 Å². The Labute approximate surface area is 124 Å². The van der Waals surface area contributed by atoms with Crippen LogP contribution in [-0.2, 0) is 24.5 Å². The van der Waals surface area contributed by atoms with Crippen LogP contribution in [0.15, 0.2) is 36.5 Å². The van der Waals surface area contributed by atoms with Crippen LogP contribution in [0.3, 0.4) is 0 Å². The van der Waals surface area contributed by atoms with Gasteiger partial charge < -0.3 is 20.1 Å². The van der Waals surface area contributed by atoms with E-state index in [4.69, 9.17) is 15.6 Å². The molecule has 0 bridgehead atoms. The van der Waals surface area contributed by atoms with Crippen molar-refractivity contribution >= 4 is 11.7 Å². The molecule has 2 rings (SSSR count). The predicted molar refractivity (Wildman–Crippen MR) is 80.6 cm³/mol. The summed E-state index contributed by atoms with van der Waals surface area (Å²) >= 11 is 0. The third kappa shape index (κ3) is 3.86. The molecule has 1 heterocycles. The molecular weight excluding hydrogens is 268 g/mol. The number of benzene rings is 1. The molecule has 0 saturated carbocycles. The number of hydrogen-bond donors (Lipinski definition) is 2. The third-order valence-corrected chi connectivity index (χ3v) is 3.17. The Balaban J connectivity index is 2.00. The maximum atomic E-state index is 12.1. The summed E-state index contributed by atoms with van der Waals surface area (Å²) in [5.41, 5.74) is 8.47. The van der Waals surface area contributed by atoms with Crippen molar-refractivity contribution in [1.82, 2.24) is 4.57 Å². The number of carbonyl (C=O) groups excluding carboxylic acids is 1. The fourth-order valence-corrected chi connectivity index (χ4v) is 2.09. The van der Waals surface area contributed by atoms with Crippen LogP contribution in [0.4, 0.5) is 5.69 Å². The van der Waals surface area contributed by atoms with Gasteiger partial charge in [0, 0.05) is 12.7 Å². The van der Waals surface area contributed by atoms with Gasteiger partial charge in [0.2, 0.25) is 0 Å². The van der Waals surface area contributed by atoms with Gasteiger partial charge in [0.25, 0.3) is 0 Å². The second-order valence-electron chi connectivity index (χ2n) is 4.90. The van der Waals surface area contributed by atoms with E-state index in [1.54, 1.807) is 24.4 Å². The second-order valence-corrected chi connectivity index (χ2v) is 4.90. The fourth-order valence-electron chi connectivity index (χ4n) is 2.09. The van der Waals surface area contributed by atoms with Crippen LogP contribution in [0, 0.1) is 0 Å². The quantitative estimate of drug-likeness (QED) is 0.800. The van der Waals surface area contributed by atoms with E-state index >= 15 is 0 Å². The summed E-state index contributed by atoms with van der Waals surface area (Å²) in [4.78, 5) is 12.1. The Kier molecular flexibility index (Phi) is 5.00. The fraction of sp³-hybridized carbons (Fsp3) is 0.312. The Bertz CT molecular complexity index is 602. The molecule has 21 heavy (non-hydrogen) atoms. The summed E-state index contributed by atoms with van der Waals surface area (Å²) in [6.07, 6.45) is 2.66. The highest BCUT2D eigenvalue weighted by molar-refractivity contribution is 5.89. The number of aryl methyl sites for hydroxylation is 1. The average Bonchev–Trinajstić information content (AvgIpc) is 2.86. The number of aromatic nitrogens is 1. The van der Waals surface area contributed by atoms with E-state index < -0.39 is 0 Å². The number of anilines is 1. The lowest BCUT2D eigenvalue weighted by molar-refractivity contribution is 0.0460. The minimum atomic E-state index is -0.383. The smallest absolute Gasteiger partial charge is 0.355 e. The van der Waals surface area contributed by atoms with Gasteiger partial charge in [-0.2, -0.15) is 0 Å². The van der Waals surface area contributed by atoms with Crippen molar-refractivity contribution in [2.75, 3.05) is 5.73 Å².